The first-order valence-electron chi connectivity index (χ1n) is 11.5. The fourth-order valence-corrected chi connectivity index (χ4v) is 4.88. The van der Waals surface area contributed by atoms with Gasteiger partial charge in [-0.05, 0) is 47.2 Å². The minimum Gasteiger partial charge on any atom is -0.493 e. The lowest BCUT2D eigenvalue weighted by molar-refractivity contribution is -0.569. The van der Waals surface area contributed by atoms with E-state index >= 15 is 0 Å². The van der Waals surface area contributed by atoms with Gasteiger partial charge >= 0.3 is 5.65 Å². The maximum absolute atomic E-state index is 11.0. The fourth-order valence-electron chi connectivity index (χ4n) is 4.36. The van der Waals surface area contributed by atoms with Crippen molar-refractivity contribution in [3.63, 3.8) is 0 Å². The summed E-state index contributed by atoms with van der Waals surface area (Å²) in [7, 11) is 3.91. The first kappa shape index (κ1) is 25.0. The largest absolute Gasteiger partial charge is 0.493 e. The van der Waals surface area contributed by atoms with Crippen LogP contribution in [0.5, 0.6) is 5.75 Å². The highest BCUT2D eigenvalue weighted by Crippen LogP contribution is 2.32. The Morgan fingerprint density at radius 1 is 1.11 bits per heavy atom. The molecule has 4 aromatic rings. The average molecular weight is 509 g/mol. The topological polar surface area (TPSA) is 46.3 Å². The maximum Gasteiger partial charge on any atom is 0.337 e. The molecule has 0 N–H and O–H groups in total. The molecule has 2 aromatic heterocycles. The predicted molar refractivity (Wildman–Crippen MR) is 142 cm³/mol. The van der Waals surface area contributed by atoms with Crippen molar-refractivity contribution in [3.05, 3.63) is 88.2 Å². The zero-order valence-corrected chi connectivity index (χ0v) is 21.6. The van der Waals surface area contributed by atoms with Crippen LogP contribution in [0.2, 0.25) is 10.0 Å². The van der Waals surface area contributed by atoms with Gasteiger partial charge in [0.15, 0.2) is 0 Å². The summed E-state index contributed by atoms with van der Waals surface area (Å²) >= 11 is 12.3. The van der Waals surface area contributed by atoms with E-state index in [-0.39, 0.29) is 0 Å². The van der Waals surface area contributed by atoms with E-state index in [4.69, 9.17) is 27.9 Å². The van der Waals surface area contributed by atoms with Crippen LogP contribution in [0.4, 0.5) is 5.69 Å². The second kappa shape index (κ2) is 11.1. The Morgan fingerprint density at radius 2 is 1.86 bits per heavy atom. The van der Waals surface area contributed by atoms with Crippen LogP contribution in [0.15, 0.2) is 67.0 Å². The van der Waals surface area contributed by atoms with Gasteiger partial charge in [-0.1, -0.05) is 48.3 Å². The van der Waals surface area contributed by atoms with Crippen LogP contribution in [0.3, 0.4) is 0 Å². The Kier molecular flexibility index (Phi) is 7.89. The number of halogens is 2. The van der Waals surface area contributed by atoms with Crippen molar-refractivity contribution in [3.8, 4) is 11.4 Å². The number of ether oxygens (including phenoxy) is 1. The molecule has 7 heteroatoms. The Hall–Kier alpha value is -3.15. The molecule has 0 saturated carbocycles. The van der Waals surface area contributed by atoms with Crippen LogP contribution in [0.1, 0.15) is 30.4 Å². The molecular formula is C28H28Cl2N3O2+. The number of carbonyl (C=O) groups is 1. The maximum atomic E-state index is 11.0. The Bertz CT molecular complexity index is 1340. The molecule has 0 unspecified atom stereocenters. The van der Waals surface area contributed by atoms with Gasteiger partial charge in [0.2, 0.25) is 0 Å². The van der Waals surface area contributed by atoms with E-state index in [2.05, 4.69) is 24.0 Å². The summed E-state index contributed by atoms with van der Waals surface area (Å²) in [6.45, 7) is 3.12. The molecule has 0 aliphatic carbocycles. The molecule has 0 spiro atoms. The summed E-state index contributed by atoms with van der Waals surface area (Å²) in [4.78, 5) is 17.5. The SMILES string of the molecule is CN(C)c1c(CC=O)cnc2c1ccc[n+]2-c1cc(Cl)cc(Cl)c1.C[C@H]1CCOc2ccccc21. The molecule has 0 bridgehead atoms. The third-order valence-electron chi connectivity index (χ3n) is 6.00. The monoisotopic (exact) mass is 508 g/mol. The minimum atomic E-state index is 0.328. The summed E-state index contributed by atoms with van der Waals surface area (Å²) in [5, 5.41) is 2.08. The molecule has 0 radical (unpaired) electrons. The number of rotatable bonds is 4. The van der Waals surface area contributed by atoms with Gasteiger partial charge in [0.1, 0.15) is 23.9 Å². The number of pyridine rings is 2. The number of anilines is 1. The summed E-state index contributed by atoms with van der Waals surface area (Å²) in [6, 6.07) is 17.6. The molecule has 0 amide bonds. The molecule has 5 rings (SSSR count). The molecule has 35 heavy (non-hydrogen) atoms. The Balaban J connectivity index is 0.000000218. The standard InChI is InChI=1S/C18H16Cl2N3O.C10H12O/c1-22(2)17-12(5-7-24)11-21-18-16(17)4-3-6-23(18)15-9-13(19)8-14(20)10-15;1-8-6-7-11-10-5-3-2-4-9(8)10/h3-4,6-11H,5H2,1-2H3;2-5,8H,6-7H2,1H3/q+1;/t;8-/m.0/s1. The van der Waals surface area contributed by atoms with Gasteiger partial charge in [-0.15, -0.1) is 0 Å². The number of para-hydroxylation sites is 1. The van der Waals surface area contributed by atoms with Crippen molar-refractivity contribution in [2.75, 3.05) is 25.6 Å². The first-order valence-corrected chi connectivity index (χ1v) is 12.3. The third kappa shape index (κ3) is 5.58. The van der Waals surface area contributed by atoms with E-state index < -0.39 is 0 Å². The fraction of sp³-hybridized carbons (Fsp3) is 0.250. The lowest BCUT2D eigenvalue weighted by Crippen LogP contribution is -2.32. The van der Waals surface area contributed by atoms with Crippen molar-refractivity contribution in [2.24, 2.45) is 0 Å². The van der Waals surface area contributed by atoms with Gasteiger partial charge in [0.25, 0.3) is 0 Å². The van der Waals surface area contributed by atoms with Crippen molar-refractivity contribution in [1.29, 1.82) is 0 Å². The van der Waals surface area contributed by atoms with Gasteiger partial charge in [-0.2, -0.15) is 4.57 Å². The van der Waals surface area contributed by atoms with Crippen LogP contribution in [-0.2, 0) is 11.2 Å². The highest BCUT2D eigenvalue weighted by atomic mass is 35.5. The normalized spacial score (nSPS) is 14.4. The smallest absolute Gasteiger partial charge is 0.337 e. The predicted octanol–water partition coefficient (Wildman–Crippen LogP) is 6.20. The van der Waals surface area contributed by atoms with E-state index in [1.165, 1.54) is 5.56 Å². The van der Waals surface area contributed by atoms with E-state index in [1.807, 2.05) is 66.2 Å². The van der Waals surface area contributed by atoms with E-state index in [9.17, 15) is 4.79 Å². The minimum absolute atomic E-state index is 0.328. The lowest BCUT2D eigenvalue weighted by Gasteiger charge is -2.22. The quantitative estimate of drug-likeness (QED) is 0.243. The molecule has 3 heterocycles. The van der Waals surface area contributed by atoms with Gasteiger partial charge in [0.05, 0.1) is 23.9 Å². The third-order valence-corrected chi connectivity index (χ3v) is 6.44. The second-order valence-corrected chi connectivity index (χ2v) is 9.59. The number of benzene rings is 2. The van der Waals surface area contributed by atoms with Gasteiger partial charge in [-0.25, -0.2) is 0 Å². The van der Waals surface area contributed by atoms with Gasteiger partial charge < -0.3 is 14.4 Å². The van der Waals surface area contributed by atoms with Crippen LogP contribution in [0, 0.1) is 0 Å². The zero-order chi connectivity index (χ0) is 24.9. The number of aromatic nitrogens is 2. The van der Waals surface area contributed by atoms with Crippen LogP contribution >= 0.6 is 23.2 Å². The molecule has 0 fully saturated rings. The molecule has 0 saturated heterocycles. The average Bonchev–Trinajstić information content (AvgIpc) is 2.83. The van der Waals surface area contributed by atoms with E-state index in [1.54, 1.807) is 12.3 Å². The van der Waals surface area contributed by atoms with Crippen LogP contribution in [-0.4, -0.2) is 32.0 Å². The summed E-state index contributed by atoms with van der Waals surface area (Å²) in [6.07, 6.45) is 6.03. The summed E-state index contributed by atoms with van der Waals surface area (Å²) in [5.74, 6) is 1.74. The molecular weight excluding hydrogens is 481 g/mol. The summed E-state index contributed by atoms with van der Waals surface area (Å²) < 4.78 is 7.43. The number of hydrogen-bond donors (Lipinski definition) is 0. The molecule has 1 aliphatic heterocycles. The number of nitrogens with zero attached hydrogens (tertiary/aromatic N) is 3. The highest BCUT2D eigenvalue weighted by Gasteiger charge is 2.20. The number of fused-ring (bicyclic) bond motifs is 2. The van der Waals surface area contributed by atoms with Crippen molar-refractivity contribution in [1.82, 2.24) is 4.98 Å². The lowest BCUT2D eigenvalue weighted by atomic mass is 9.95. The number of carbonyl (C=O) groups excluding carboxylic acids is 1. The van der Waals surface area contributed by atoms with Crippen molar-refractivity contribution >= 4 is 46.2 Å². The van der Waals surface area contributed by atoms with Crippen LogP contribution < -0.4 is 14.2 Å². The van der Waals surface area contributed by atoms with Crippen molar-refractivity contribution in [2.45, 2.75) is 25.7 Å². The zero-order valence-electron chi connectivity index (χ0n) is 20.0. The van der Waals surface area contributed by atoms with E-state index in [0.717, 1.165) is 53.0 Å². The molecule has 1 atom stereocenters. The van der Waals surface area contributed by atoms with Crippen LogP contribution in [0.25, 0.3) is 16.7 Å². The highest BCUT2D eigenvalue weighted by molar-refractivity contribution is 6.34. The van der Waals surface area contributed by atoms with Gasteiger partial charge in [-0.3, -0.25) is 0 Å². The van der Waals surface area contributed by atoms with Gasteiger partial charge in [0, 0.05) is 48.3 Å². The first-order chi connectivity index (χ1) is 16.9. The second-order valence-electron chi connectivity index (χ2n) is 8.72. The Morgan fingerprint density at radius 3 is 2.54 bits per heavy atom. The van der Waals surface area contributed by atoms with E-state index in [0.29, 0.717) is 22.4 Å². The number of hydrogen-bond acceptors (Lipinski definition) is 4. The number of aldehydes is 1. The molecule has 1 aliphatic rings. The van der Waals surface area contributed by atoms with Crippen molar-refractivity contribution < 1.29 is 14.1 Å². The molecule has 180 valence electrons. The molecule has 5 nitrogen and oxygen atoms in total. The Labute approximate surface area is 215 Å². The summed E-state index contributed by atoms with van der Waals surface area (Å²) in [5.41, 5.74) is 4.84. The molecule has 2 aromatic carbocycles.